The van der Waals surface area contributed by atoms with Crippen molar-refractivity contribution in [3.8, 4) is 5.75 Å². The molecule has 0 unspecified atom stereocenters. The number of anilines is 1. The van der Waals surface area contributed by atoms with Crippen LogP contribution >= 0.6 is 23.1 Å². The molecular formula is C15H17N3O2S2. The topological polar surface area (TPSA) is 64.1 Å². The number of aromatic nitrogens is 2. The van der Waals surface area contributed by atoms with Crippen LogP contribution in [0.3, 0.4) is 0 Å². The van der Waals surface area contributed by atoms with Crippen molar-refractivity contribution in [1.82, 2.24) is 10.2 Å². The molecule has 1 atom stereocenters. The molecular weight excluding hydrogens is 318 g/mol. The second kappa shape index (κ2) is 7.95. The van der Waals surface area contributed by atoms with E-state index in [1.165, 1.54) is 23.1 Å². The van der Waals surface area contributed by atoms with Gasteiger partial charge in [0.1, 0.15) is 5.75 Å². The molecule has 0 saturated carbocycles. The molecule has 5 nitrogen and oxygen atoms in total. The van der Waals surface area contributed by atoms with Crippen LogP contribution < -0.4 is 10.1 Å². The average molecular weight is 335 g/mol. The van der Waals surface area contributed by atoms with Gasteiger partial charge in [0.25, 0.3) is 5.91 Å². The van der Waals surface area contributed by atoms with Crippen molar-refractivity contribution in [3.05, 3.63) is 42.5 Å². The Kier molecular flexibility index (Phi) is 5.97. The lowest BCUT2D eigenvalue weighted by molar-refractivity contribution is -0.122. The van der Waals surface area contributed by atoms with E-state index in [1.807, 2.05) is 31.2 Å². The van der Waals surface area contributed by atoms with E-state index in [2.05, 4.69) is 22.1 Å². The molecule has 0 spiro atoms. The summed E-state index contributed by atoms with van der Waals surface area (Å²) in [6, 6.07) is 7.58. The molecule has 22 heavy (non-hydrogen) atoms. The molecule has 1 aromatic carbocycles. The number of nitrogens with one attached hydrogen (secondary N) is 1. The van der Waals surface area contributed by atoms with E-state index < -0.39 is 6.10 Å². The van der Waals surface area contributed by atoms with Crippen LogP contribution in [0, 0.1) is 6.92 Å². The molecule has 0 bridgehead atoms. The van der Waals surface area contributed by atoms with Crippen molar-refractivity contribution in [1.29, 1.82) is 0 Å². The molecule has 1 amide bonds. The highest BCUT2D eigenvalue weighted by molar-refractivity contribution is 8.01. The van der Waals surface area contributed by atoms with Crippen molar-refractivity contribution >= 4 is 34.1 Å². The zero-order valence-corrected chi connectivity index (χ0v) is 14.0. The third-order valence-corrected chi connectivity index (χ3v) is 4.60. The second-order valence-electron chi connectivity index (χ2n) is 4.54. The summed E-state index contributed by atoms with van der Waals surface area (Å²) >= 11 is 2.86. The fraction of sp³-hybridized carbons (Fsp3) is 0.267. The van der Waals surface area contributed by atoms with Gasteiger partial charge in [-0.15, -0.1) is 16.8 Å². The van der Waals surface area contributed by atoms with Crippen LogP contribution in [0.2, 0.25) is 0 Å². The third kappa shape index (κ3) is 4.85. The maximum Gasteiger partial charge on any atom is 0.266 e. The number of rotatable bonds is 7. The molecule has 1 heterocycles. The Labute approximate surface area is 137 Å². The molecule has 1 N–H and O–H groups in total. The first-order valence-electron chi connectivity index (χ1n) is 6.70. The first-order chi connectivity index (χ1) is 10.6. The average Bonchev–Trinajstić information content (AvgIpc) is 2.92. The number of ether oxygens (including phenoxy) is 1. The summed E-state index contributed by atoms with van der Waals surface area (Å²) in [4.78, 5) is 12.1. The predicted molar refractivity (Wildman–Crippen MR) is 90.7 cm³/mol. The van der Waals surface area contributed by atoms with Gasteiger partial charge in [-0.05, 0) is 31.5 Å². The van der Waals surface area contributed by atoms with Crippen molar-refractivity contribution in [2.45, 2.75) is 24.3 Å². The van der Waals surface area contributed by atoms with Crippen LogP contribution in [0.15, 0.2) is 41.3 Å². The molecule has 2 rings (SSSR count). The predicted octanol–water partition coefficient (Wildman–Crippen LogP) is 3.53. The molecule has 0 saturated heterocycles. The maximum absolute atomic E-state index is 12.1. The fourth-order valence-electron chi connectivity index (χ4n) is 1.60. The third-order valence-electron chi connectivity index (χ3n) is 2.63. The second-order valence-corrected chi connectivity index (χ2v) is 6.78. The SMILES string of the molecule is C=CCSc1nnc(NC(=O)[C@@H](C)Oc2cccc(C)c2)s1. The van der Waals surface area contributed by atoms with E-state index in [-0.39, 0.29) is 5.91 Å². The van der Waals surface area contributed by atoms with E-state index in [9.17, 15) is 4.79 Å². The van der Waals surface area contributed by atoms with Gasteiger partial charge in [0.15, 0.2) is 10.4 Å². The minimum Gasteiger partial charge on any atom is -0.481 e. The van der Waals surface area contributed by atoms with Crippen LogP contribution in [0.5, 0.6) is 5.75 Å². The number of carbonyl (C=O) groups is 1. The Morgan fingerprint density at radius 2 is 2.36 bits per heavy atom. The molecule has 2 aromatic rings. The van der Waals surface area contributed by atoms with Crippen LogP contribution in [0.4, 0.5) is 5.13 Å². The van der Waals surface area contributed by atoms with Crippen LogP contribution in [0.1, 0.15) is 12.5 Å². The summed E-state index contributed by atoms with van der Waals surface area (Å²) in [7, 11) is 0. The van der Waals surface area contributed by atoms with Gasteiger partial charge in [-0.25, -0.2) is 0 Å². The number of amides is 1. The van der Waals surface area contributed by atoms with Crippen molar-refractivity contribution in [3.63, 3.8) is 0 Å². The normalized spacial score (nSPS) is 11.7. The van der Waals surface area contributed by atoms with Crippen LogP contribution in [0.25, 0.3) is 0 Å². The Morgan fingerprint density at radius 1 is 1.55 bits per heavy atom. The molecule has 116 valence electrons. The molecule has 0 aliphatic heterocycles. The monoisotopic (exact) mass is 335 g/mol. The molecule has 0 aliphatic rings. The number of nitrogens with zero attached hydrogens (tertiary/aromatic N) is 2. The fourth-order valence-corrected chi connectivity index (χ4v) is 3.12. The summed E-state index contributed by atoms with van der Waals surface area (Å²) in [6.45, 7) is 7.32. The number of hydrogen-bond donors (Lipinski definition) is 1. The van der Waals surface area contributed by atoms with Crippen molar-refractivity contribution in [2.24, 2.45) is 0 Å². The largest absolute Gasteiger partial charge is 0.481 e. The summed E-state index contributed by atoms with van der Waals surface area (Å²) in [5.41, 5.74) is 1.08. The Balaban J connectivity index is 1.90. The van der Waals surface area contributed by atoms with Gasteiger partial charge >= 0.3 is 0 Å². The number of hydrogen-bond acceptors (Lipinski definition) is 6. The van der Waals surface area contributed by atoms with Gasteiger partial charge in [0, 0.05) is 5.75 Å². The molecule has 0 radical (unpaired) electrons. The summed E-state index contributed by atoms with van der Waals surface area (Å²) in [5, 5.41) is 11.1. The smallest absolute Gasteiger partial charge is 0.266 e. The van der Waals surface area contributed by atoms with Gasteiger partial charge in [-0.3, -0.25) is 10.1 Å². The first kappa shape index (κ1) is 16.5. The minimum atomic E-state index is -0.616. The van der Waals surface area contributed by atoms with Gasteiger partial charge < -0.3 is 4.74 Å². The molecule has 0 aliphatic carbocycles. The molecule has 0 fully saturated rings. The van der Waals surface area contributed by atoms with E-state index in [1.54, 1.807) is 13.0 Å². The zero-order valence-electron chi connectivity index (χ0n) is 12.4. The number of benzene rings is 1. The van der Waals surface area contributed by atoms with Gasteiger partial charge in [-0.2, -0.15) is 0 Å². The highest BCUT2D eigenvalue weighted by atomic mass is 32.2. The van der Waals surface area contributed by atoms with E-state index in [4.69, 9.17) is 4.74 Å². The lowest BCUT2D eigenvalue weighted by Crippen LogP contribution is -2.30. The number of carbonyl (C=O) groups excluding carboxylic acids is 1. The first-order valence-corrected chi connectivity index (χ1v) is 8.50. The minimum absolute atomic E-state index is 0.252. The van der Waals surface area contributed by atoms with Gasteiger partial charge in [-0.1, -0.05) is 41.3 Å². The summed E-state index contributed by atoms with van der Waals surface area (Å²) in [5.74, 6) is 1.18. The van der Waals surface area contributed by atoms with E-state index >= 15 is 0 Å². The quantitative estimate of drug-likeness (QED) is 0.476. The summed E-state index contributed by atoms with van der Waals surface area (Å²) in [6.07, 6.45) is 1.18. The number of thioether (sulfide) groups is 1. The molecule has 1 aromatic heterocycles. The summed E-state index contributed by atoms with van der Waals surface area (Å²) < 4.78 is 6.42. The van der Waals surface area contributed by atoms with E-state index in [0.717, 1.165) is 15.7 Å². The number of aryl methyl sites for hydroxylation is 1. The Morgan fingerprint density at radius 3 is 3.09 bits per heavy atom. The van der Waals surface area contributed by atoms with Crippen molar-refractivity contribution in [2.75, 3.05) is 11.1 Å². The Bertz CT molecular complexity index is 658. The van der Waals surface area contributed by atoms with Crippen LogP contribution in [-0.4, -0.2) is 28.0 Å². The Hall–Kier alpha value is -1.86. The van der Waals surface area contributed by atoms with Gasteiger partial charge in [0.2, 0.25) is 5.13 Å². The van der Waals surface area contributed by atoms with E-state index in [0.29, 0.717) is 10.9 Å². The lowest BCUT2D eigenvalue weighted by atomic mass is 10.2. The van der Waals surface area contributed by atoms with Crippen molar-refractivity contribution < 1.29 is 9.53 Å². The zero-order chi connectivity index (χ0) is 15.9. The molecule has 7 heteroatoms. The van der Waals surface area contributed by atoms with Crippen LogP contribution in [-0.2, 0) is 4.79 Å². The lowest BCUT2D eigenvalue weighted by Gasteiger charge is -2.13. The highest BCUT2D eigenvalue weighted by Crippen LogP contribution is 2.25. The highest BCUT2D eigenvalue weighted by Gasteiger charge is 2.17. The maximum atomic E-state index is 12.1. The standard InChI is InChI=1S/C15H17N3O2S2/c1-4-8-21-15-18-17-14(22-15)16-13(19)11(3)20-12-7-5-6-10(2)9-12/h4-7,9,11H,1,8H2,2-3H3,(H,16,17,19)/t11-/m1/s1. The van der Waals surface area contributed by atoms with Gasteiger partial charge in [0.05, 0.1) is 0 Å².